The molecule has 22 heavy (non-hydrogen) atoms. The highest BCUT2D eigenvalue weighted by molar-refractivity contribution is 5.86. The van der Waals surface area contributed by atoms with Crippen LogP contribution in [0.4, 0.5) is 0 Å². The second-order valence-electron chi connectivity index (χ2n) is 7.16. The number of fused-ring (bicyclic) bond motifs is 2. The van der Waals surface area contributed by atoms with Gasteiger partial charge in [0.1, 0.15) is 0 Å². The standard InChI is InChI=1S/C16H23NO5/c18-14(12-10-1-2-11(9-10)13(12)15(19)20)17-5-3-16(4-6-17)21-7-8-22-16/h10-13H,1-9H2,(H,19,20)/t10-,11+,12-,13-/m0/s1. The molecule has 4 atom stereocenters. The van der Waals surface area contributed by atoms with Crippen LogP contribution in [0.2, 0.25) is 0 Å². The summed E-state index contributed by atoms with van der Waals surface area (Å²) in [6, 6.07) is 0. The monoisotopic (exact) mass is 309 g/mol. The quantitative estimate of drug-likeness (QED) is 0.826. The molecule has 0 aromatic heterocycles. The first-order chi connectivity index (χ1) is 10.6. The van der Waals surface area contributed by atoms with Gasteiger partial charge in [0.05, 0.1) is 25.0 Å². The van der Waals surface area contributed by atoms with Crippen molar-refractivity contribution in [2.24, 2.45) is 23.7 Å². The number of ether oxygens (including phenoxy) is 2. The molecule has 4 fully saturated rings. The van der Waals surface area contributed by atoms with Gasteiger partial charge in [0, 0.05) is 25.9 Å². The van der Waals surface area contributed by atoms with Gasteiger partial charge in [0.2, 0.25) is 5.91 Å². The van der Waals surface area contributed by atoms with Crippen LogP contribution in [0.15, 0.2) is 0 Å². The molecule has 0 unspecified atom stereocenters. The van der Waals surface area contributed by atoms with E-state index in [1.807, 2.05) is 4.90 Å². The Kier molecular flexibility index (Phi) is 3.42. The van der Waals surface area contributed by atoms with Crippen molar-refractivity contribution in [1.82, 2.24) is 4.90 Å². The third kappa shape index (κ3) is 2.15. The zero-order chi connectivity index (χ0) is 15.3. The molecule has 4 aliphatic rings. The minimum atomic E-state index is -0.790. The highest BCUT2D eigenvalue weighted by atomic mass is 16.7. The van der Waals surface area contributed by atoms with Crippen molar-refractivity contribution in [2.45, 2.75) is 37.9 Å². The molecule has 2 aliphatic heterocycles. The Bertz CT molecular complexity index is 477. The number of carbonyl (C=O) groups excluding carboxylic acids is 1. The number of carbonyl (C=O) groups is 2. The molecule has 1 N–H and O–H groups in total. The van der Waals surface area contributed by atoms with E-state index in [0.717, 1.165) is 19.3 Å². The van der Waals surface area contributed by atoms with Crippen molar-refractivity contribution in [3.05, 3.63) is 0 Å². The van der Waals surface area contributed by atoms with Crippen molar-refractivity contribution in [3.63, 3.8) is 0 Å². The van der Waals surface area contributed by atoms with Gasteiger partial charge in [-0.3, -0.25) is 9.59 Å². The van der Waals surface area contributed by atoms with E-state index in [1.165, 1.54) is 0 Å². The predicted molar refractivity (Wildman–Crippen MR) is 75.9 cm³/mol. The number of aliphatic carboxylic acids is 1. The number of likely N-dealkylation sites (tertiary alicyclic amines) is 1. The van der Waals surface area contributed by atoms with Crippen LogP contribution >= 0.6 is 0 Å². The summed E-state index contributed by atoms with van der Waals surface area (Å²) in [5.41, 5.74) is 0. The summed E-state index contributed by atoms with van der Waals surface area (Å²) >= 11 is 0. The van der Waals surface area contributed by atoms with Crippen LogP contribution in [0.1, 0.15) is 32.1 Å². The van der Waals surface area contributed by atoms with Gasteiger partial charge in [-0.15, -0.1) is 0 Å². The van der Waals surface area contributed by atoms with Crippen LogP contribution in [0, 0.1) is 23.7 Å². The van der Waals surface area contributed by atoms with Gasteiger partial charge >= 0.3 is 5.97 Å². The zero-order valence-electron chi connectivity index (χ0n) is 12.7. The Balaban J connectivity index is 1.45. The van der Waals surface area contributed by atoms with Crippen LogP contribution in [0.5, 0.6) is 0 Å². The Hall–Kier alpha value is -1.14. The van der Waals surface area contributed by atoms with Crippen molar-refractivity contribution in [3.8, 4) is 0 Å². The Morgan fingerprint density at radius 1 is 1.00 bits per heavy atom. The number of hydrogen-bond acceptors (Lipinski definition) is 4. The van der Waals surface area contributed by atoms with E-state index >= 15 is 0 Å². The Morgan fingerprint density at radius 2 is 1.59 bits per heavy atom. The minimum Gasteiger partial charge on any atom is -0.481 e. The average molecular weight is 309 g/mol. The van der Waals surface area contributed by atoms with Crippen molar-refractivity contribution >= 4 is 11.9 Å². The van der Waals surface area contributed by atoms with Gasteiger partial charge in [-0.2, -0.15) is 0 Å². The number of nitrogens with zero attached hydrogens (tertiary/aromatic N) is 1. The van der Waals surface area contributed by atoms with E-state index in [1.54, 1.807) is 0 Å². The fourth-order valence-electron chi connectivity index (χ4n) is 5.07. The molecule has 0 aromatic carbocycles. The van der Waals surface area contributed by atoms with Crippen LogP contribution in [0.3, 0.4) is 0 Å². The Labute approximate surface area is 129 Å². The molecule has 2 aliphatic carbocycles. The minimum absolute atomic E-state index is 0.0486. The number of carboxylic acids is 1. The van der Waals surface area contributed by atoms with E-state index in [-0.39, 0.29) is 23.7 Å². The molecular weight excluding hydrogens is 286 g/mol. The van der Waals surface area contributed by atoms with Gasteiger partial charge in [-0.1, -0.05) is 0 Å². The van der Waals surface area contributed by atoms with E-state index < -0.39 is 17.7 Å². The molecule has 2 bridgehead atoms. The lowest BCUT2D eigenvalue weighted by atomic mass is 9.78. The summed E-state index contributed by atoms with van der Waals surface area (Å²) < 4.78 is 11.4. The average Bonchev–Trinajstić information content (AvgIpc) is 3.22. The molecule has 6 nitrogen and oxygen atoms in total. The van der Waals surface area contributed by atoms with Gasteiger partial charge in [-0.25, -0.2) is 0 Å². The first kappa shape index (κ1) is 14.5. The van der Waals surface area contributed by atoms with Crippen molar-refractivity contribution in [1.29, 1.82) is 0 Å². The summed E-state index contributed by atoms with van der Waals surface area (Å²) in [6.07, 6.45) is 4.27. The Morgan fingerprint density at radius 3 is 2.18 bits per heavy atom. The van der Waals surface area contributed by atoms with E-state index in [2.05, 4.69) is 0 Å². The van der Waals surface area contributed by atoms with E-state index in [9.17, 15) is 14.7 Å². The zero-order valence-corrected chi connectivity index (χ0v) is 12.7. The summed E-state index contributed by atoms with van der Waals surface area (Å²) in [7, 11) is 0. The van der Waals surface area contributed by atoms with Gasteiger partial charge in [0.25, 0.3) is 0 Å². The van der Waals surface area contributed by atoms with Gasteiger partial charge < -0.3 is 19.5 Å². The van der Waals surface area contributed by atoms with Crippen molar-refractivity contribution in [2.75, 3.05) is 26.3 Å². The van der Waals surface area contributed by atoms with E-state index in [0.29, 0.717) is 39.1 Å². The molecule has 2 saturated carbocycles. The van der Waals surface area contributed by atoms with E-state index in [4.69, 9.17) is 9.47 Å². The molecular formula is C16H23NO5. The number of rotatable bonds is 2. The summed E-state index contributed by atoms with van der Waals surface area (Å²) in [4.78, 5) is 26.3. The fraction of sp³-hybridized carbons (Fsp3) is 0.875. The lowest BCUT2D eigenvalue weighted by Crippen LogP contribution is -2.51. The summed E-state index contributed by atoms with van der Waals surface area (Å²) in [5.74, 6) is -1.54. The molecule has 2 saturated heterocycles. The normalized spacial score (nSPS) is 39.5. The molecule has 0 radical (unpaired) electrons. The largest absolute Gasteiger partial charge is 0.481 e. The molecule has 2 heterocycles. The first-order valence-corrected chi connectivity index (χ1v) is 8.39. The van der Waals surface area contributed by atoms with Gasteiger partial charge in [-0.05, 0) is 31.1 Å². The molecule has 1 amide bonds. The second kappa shape index (κ2) is 5.20. The van der Waals surface area contributed by atoms with Crippen molar-refractivity contribution < 1.29 is 24.2 Å². The molecule has 122 valence electrons. The lowest BCUT2D eigenvalue weighted by molar-refractivity contribution is -0.189. The van der Waals surface area contributed by atoms with Crippen LogP contribution in [-0.4, -0.2) is 54.0 Å². The number of piperidine rings is 1. The fourth-order valence-corrected chi connectivity index (χ4v) is 5.07. The summed E-state index contributed by atoms with van der Waals surface area (Å²) in [5, 5.41) is 9.51. The highest BCUT2D eigenvalue weighted by Gasteiger charge is 2.55. The SMILES string of the molecule is O=C(O)[C@H]1[C@@H]2CC[C@@H](C2)[C@@H]1C(=O)N1CCC2(CC1)OCCO2. The van der Waals surface area contributed by atoms with Crippen LogP contribution in [0.25, 0.3) is 0 Å². The molecule has 6 heteroatoms. The topological polar surface area (TPSA) is 76.1 Å². The number of amides is 1. The number of hydrogen-bond donors (Lipinski definition) is 1. The second-order valence-corrected chi connectivity index (χ2v) is 7.16. The van der Waals surface area contributed by atoms with Crippen LogP contribution in [-0.2, 0) is 19.1 Å². The van der Waals surface area contributed by atoms with Crippen LogP contribution < -0.4 is 0 Å². The predicted octanol–water partition coefficient (Wildman–Crippen LogP) is 1.10. The maximum absolute atomic E-state index is 12.9. The molecule has 4 rings (SSSR count). The summed E-state index contributed by atoms with van der Waals surface area (Å²) in [6.45, 7) is 2.47. The smallest absolute Gasteiger partial charge is 0.307 e. The molecule has 0 aromatic rings. The number of carboxylic acid groups (broad SMARTS) is 1. The van der Waals surface area contributed by atoms with Gasteiger partial charge in [0.15, 0.2) is 5.79 Å². The lowest BCUT2D eigenvalue weighted by Gasteiger charge is -2.40. The highest BCUT2D eigenvalue weighted by Crippen LogP contribution is 2.53. The molecule has 1 spiro atoms. The first-order valence-electron chi connectivity index (χ1n) is 8.39. The maximum atomic E-state index is 12.9. The third-order valence-corrected chi connectivity index (χ3v) is 6.14. The third-order valence-electron chi connectivity index (χ3n) is 6.14. The maximum Gasteiger partial charge on any atom is 0.307 e.